The Bertz CT molecular complexity index is 1470. The summed E-state index contributed by atoms with van der Waals surface area (Å²) in [6.45, 7) is 3.66. The van der Waals surface area contributed by atoms with Gasteiger partial charge in [0.1, 0.15) is 24.0 Å². The average molecular weight is 600 g/mol. The van der Waals surface area contributed by atoms with Gasteiger partial charge in [0.15, 0.2) is 5.82 Å². The summed E-state index contributed by atoms with van der Waals surface area (Å²) in [6, 6.07) is 9.27. The number of benzene rings is 2. The van der Waals surface area contributed by atoms with Gasteiger partial charge in [0.25, 0.3) is 11.8 Å². The zero-order valence-electron chi connectivity index (χ0n) is 23.4. The Labute approximate surface area is 247 Å². The van der Waals surface area contributed by atoms with Gasteiger partial charge in [-0.05, 0) is 37.3 Å². The van der Waals surface area contributed by atoms with Crippen molar-refractivity contribution in [2.24, 2.45) is 0 Å². The molecule has 14 heteroatoms. The standard InChI is InChI=1S/C28H31ClFN7O5/c1-4-36-10-11-37(16-23(38)42-13-12-41-3)27(40)18-9-8-17(14-22(18)36)33-28-32-15-20(29)25(35-28)34-24-19(26(39)31-2)6-5-7-21(24)30/h5-9,14-15H,4,10-13,16H2,1-3H3,(H,31,39)(H2,32,33,34,35). The van der Waals surface area contributed by atoms with Crippen LogP contribution in [0.3, 0.4) is 0 Å². The molecule has 0 fully saturated rings. The molecule has 3 aromatic rings. The van der Waals surface area contributed by atoms with Gasteiger partial charge in [-0.1, -0.05) is 17.7 Å². The lowest BCUT2D eigenvalue weighted by molar-refractivity contribution is -0.145. The number of amides is 2. The third-order valence-corrected chi connectivity index (χ3v) is 6.75. The van der Waals surface area contributed by atoms with Crippen LogP contribution >= 0.6 is 11.6 Å². The van der Waals surface area contributed by atoms with Gasteiger partial charge in [-0.25, -0.2) is 9.37 Å². The monoisotopic (exact) mass is 599 g/mol. The lowest BCUT2D eigenvalue weighted by Crippen LogP contribution is -2.39. The Morgan fingerprint density at radius 2 is 1.90 bits per heavy atom. The second kappa shape index (κ2) is 13.9. The minimum absolute atomic E-state index is 0.0778. The van der Waals surface area contributed by atoms with Gasteiger partial charge in [-0.3, -0.25) is 14.4 Å². The number of carbonyl (C=O) groups excluding carboxylic acids is 3. The van der Waals surface area contributed by atoms with Crippen molar-refractivity contribution < 1.29 is 28.2 Å². The molecule has 0 aliphatic carbocycles. The van der Waals surface area contributed by atoms with E-state index >= 15 is 0 Å². The number of halogens is 2. The smallest absolute Gasteiger partial charge is 0.325 e. The van der Waals surface area contributed by atoms with Crippen LogP contribution in [-0.2, 0) is 14.3 Å². The maximum Gasteiger partial charge on any atom is 0.325 e. The predicted molar refractivity (Wildman–Crippen MR) is 156 cm³/mol. The largest absolute Gasteiger partial charge is 0.462 e. The SMILES string of the molecule is CCN1CCN(CC(=O)OCCOC)C(=O)c2ccc(Nc3ncc(Cl)c(Nc4c(F)cccc4C(=O)NC)n3)cc21. The number of likely N-dealkylation sites (N-methyl/N-ethyl adjacent to an activating group) is 1. The Kier molecular flexibility index (Phi) is 10.1. The number of anilines is 5. The fourth-order valence-electron chi connectivity index (χ4n) is 4.34. The molecule has 0 unspecified atom stereocenters. The summed E-state index contributed by atoms with van der Waals surface area (Å²) in [6.07, 6.45) is 1.34. The fourth-order valence-corrected chi connectivity index (χ4v) is 4.48. The molecule has 222 valence electrons. The zero-order valence-corrected chi connectivity index (χ0v) is 24.1. The van der Waals surface area contributed by atoms with Gasteiger partial charge in [-0.2, -0.15) is 4.98 Å². The highest BCUT2D eigenvalue weighted by atomic mass is 35.5. The van der Waals surface area contributed by atoms with Crippen molar-refractivity contribution in [3.05, 3.63) is 64.6 Å². The minimum Gasteiger partial charge on any atom is -0.462 e. The molecule has 0 saturated heterocycles. The molecule has 1 aliphatic rings. The van der Waals surface area contributed by atoms with Gasteiger partial charge in [0, 0.05) is 39.5 Å². The van der Waals surface area contributed by atoms with E-state index in [4.69, 9.17) is 21.1 Å². The molecule has 0 spiro atoms. The summed E-state index contributed by atoms with van der Waals surface area (Å²) in [5.41, 5.74) is 1.69. The fraction of sp³-hybridized carbons (Fsp3) is 0.321. The molecule has 2 aromatic carbocycles. The first-order valence-corrected chi connectivity index (χ1v) is 13.5. The van der Waals surface area contributed by atoms with Crippen molar-refractivity contribution in [2.75, 3.05) is 69.1 Å². The number of nitrogens with zero attached hydrogens (tertiary/aromatic N) is 4. The van der Waals surface area contributed by atoms with Crippen molar-refractivity contribution in [2.45, 2.75) is 6.92 Å². The lowest BCUT2D eigenvalue weighted by atomic mass is 10.1. The maximum atomic E-state index is 14.7. The van der Waals surface area contributed by atoms with Crippen LogP contribution in [0.15, 0.2) is 42.6 Å². The van der Waals surface area contributed by atoms with Crippen molar-refractivity contribution in [3.8, 4) is 0 Å². The summed E-state index contributed by atoms with van der Waals surface area (Å²) >= 11 is 6.29. The Balaban J connectivity index is 1.56. The lowest BCUT2D eigenvalue weighted by Gasteiger charge is -2.23. The number of hydrogen-bond acceptors (Lipinski definition) is 10. The molecule has 3 N–H and O–H groups in total. The van der Waals surface area contributed by atoms with E-state index in [0.29, 0.717) is 36.6 Å². The van der Waals surface area contributed by atoms with Crippen LogP contribution in [0.1, 0.15) is 27.6 Å². The number of hydrogen-bond donors (Lipinski definition) is 3. The number of esters is 1. The van der Waals surface area contributed by atoms with Gasteiger partial charge in [0.2, 0.25) is 5.95 Å². The number of para-hydroxylation sites is 1. The summed E-state index contributed by atoms with van der Waals surface area (Å²) < 4.78 is 24.7. The molecule has 2 amide bonds. The predicted octanol–water partition coefficient (Wildman–Crippen LogP) is 3.59. The molecule has 0 saturated carbocycles. The van der Waals surface area contributed by atoms with Crippen LogP contribution in [0, 0.1) is 5.82 Å². The van der Waals surface area contributed by atoms with E-state index in [9.17, 15) is 18.8 Å². The van der Waals surface area contributed by atoms with Crippen LogP contribution in [-0.4, -0.2) is 86.2 Å². The summed E-state index contributed by atoms with van der Waals surface area (Å²) in [7, 11) is 2.96. The highest BCUT2D eigenvalue weighted by molar-refractivity contribution is 6.33. The number of carbonyl (C=O) groups is 3. The molecule has 1 aromatic heterocycles. The van der Waals surface area contributed by atoms with E-state index in [0.717, 1.165) is 0 Å². The Morgan fingerprint density at radius 3 is 2.64 bits per heavy atom. The van der Waals surface area contributed by atoms with Crippen LogP contribution in [0.5, 0.6) is 0 Å². The Morgan fingerprint density at radius 1 is 1.12 bits per heavy atom. The third kappa shape index (κ3) is 7.04. The summed E-state index contributed by atoms with van der Waals surface area (Å²) in [4.78, 5) is 50.0. The number of ether oxygens (including phenoxy) is 2. The van der Waals surface area contributed by atoms with Crippen molar-refractivity contribution in [1.82, 2.24) is 20.2 Å². The molecule has 0 atom stereocenters. The van der Waals surface area contributed by atoms with Gasteiger partial charge in [-0.15, -0.1) is 0 Å². The topological polar surface area (TPSA) is 138 Å². The van der Waals surface area contributed by atoms with E-state index < -0.39 is 17.7 Å². The van der Waals surface area contributed by atoms with E-state index in [2.05, 4.69) is 25.9 Å². The second-order valence-corrected chi connectivity index (χ2v) is 9.54. The van der Waals surface area contributed by atoms with E-state index in [1.807, 2.05) is 11.8 Å². The minimum atomic E-state index is -0.660. The first kappa shape index (κ1) is 30.5. The molecular weight excluding hydrogens is 569 g/mol. The maximum absolute atomic E-state index is 14.7. The van der Waals surface area contributed by atoms with Crippen molar-refractivity contribution in [1.29, 1.82) is 0 Å². The number of nitrogens with one attached hydrogen (secondary N) is 3. The van der Waals surface area contributed by atoms with Crippen LogP contribution in [0.4, 0.5) is 33.2 Å². The number of fused-ring (bicyclic) bond motifs is 1. The molecule has 4 rings (SSSR count). The Hall–Kier alpha value is -4.49. The molecule has 0 radical (unpaired) electrons. The van der Waals surface area contributed by atoms with E-state index in [1.165, 1.54) is 43.5 Å². The molecule has 2 heterocycles. The molecule has 42 heavy (non-hydrogen) atoms. The summed E-state index contributed by atoms with van der Waals surface area (Å²) in [5, 5.41) is 8.48. The number of aromatic nitrogens is 2. The molecule has 0 bridgehead atoms. The highest BCUT2D eigenvalue weighted by Gasteiger charge is 2.28. The summed E-state index contributed by atoms with van der Waals surface area (Å²) in [5.74, 6) is -1.72. The number of methoxy groups -OCH3 is 1. The quantitative estimate of drug-likeness (QED) is 0.221. The van der Waals surface area contributed by atoms with Crippen LogP contribution in [0.25, 0.3) is 0 Å². The van der Waals surface area contributed by atoms with Gasteiger partial charge >= 0.3 is 5.97 Å². The van der Waals surface area contributed by atoms with E-state index in [-0.39, 0.29) is 53.7 Å². The number of rotatable bonds is 11. The highest BCUT2D eigenvalue weighted by Crippen LogP contribution is 2.31. The first-order chi connectivity index (χ1) is 20.2. The average Bonchev–Trinajstić information content (AvgIpc) is 3.11. The molecule has 1 aliphatic heterocycles. The van der Waals surface area contributed by atoms with Crippen molar-refractivity contribution in [3.63, 3.8) is 0 Å². The molecule has 12 nitrogen and oxygen atoms in total. The van der Waals surface area contributed by atoms with Crippen molar-refractivity contribution >= 4 is 58.2 Å². The molecular formula is C28H31ClFN7O5. The zero-order chi connectivity index (χ0) is 30.2. The van der Waals surface area contributed by atoms with Gasteiger partial charge in [0.05, 0.1) is 35.3 Å². The first-order valence-electron chi connectivity index (χ1n) is 13.2. The van der Waals surface area contributed by atoms with E-state index in [1.54, 1.807) is 18.2 Å². The van der Waals surface area contributed by atoms with Gasteiger partial charge < -0.3 is 35.2 Å². The normalized spacial score (nSPS) is 12.8. The van der Waals surface area contributed by atoms with Crippen LogP contribution in [0.2, 0.25) is 5.02 Å². The third-order valence-electron chi connectivity index (χ3n) is 6.48. The second-order valence-electron chi connectivity index (χ2n) is 9.13. The van der Waals surface area contributed by atoms with Crippen LogP contribution < -0.4 is 20.9 Å².